The molecule has 3 aromatic rings. The van der Waals surface area contributed by atoms with Crippen LogP contribution in [0.1, 0.15) is 28.8 Å². The summed E-state index contributed by atoms with van der Waals surface area (Å²) >= 11 is 0. The summed E-state index contributed by atoms with van der Waals surface area (Å²) in [4.78, 5) is 4.76. The number of benzene rings is 3. The number of nitrogens with one attached hydrogen (secondary N) is 2. The molecule has 4 rings (SSSR count). The topological polar surface area (TPSA) is 36.4 Å². The van der Waals surface area contributed by atoms with E-state index in [4.69, 9.17) is 4.99 Å². The average molecular weight is 363 g/mol. The second-order valence-electron chi connectivity index (χ2n) is 6.49. The van der Waals surface area contributed by atoms with Gasteiger partial charge in [0, 0.05) is 6.54 Å². The second-order valence-corrected chi connectivity index (χ2v) is 6.49. The van der Waals surface area contributed by atoms with Gasteiger partial charge in [-0.25, -0.2) is 13.8 Å². The monoisotopic (exact) mass is 363 g/mol. The third kappa shape index (κ3) is 3.97. The highest BCUT2D eigenvalue weighted by molar-refractivity contribution is 5.82. The maximum atomic E-state index is 13.3. The lowest BCUT2D eigenvalue weighted by Gasteiger charge is -2.19. The first-order chi connectivity index (χ1) is 13.2. The third-order valence-electron chi connectivity index (χ3n) is 4.62. The molecule has 0 fully saturated rings. The van der Waals surface area contributed by atoms with Gasteiger partial charge in [-0.3, -0.25) is 0 Å². The van der Waals surface area contributed by atoms with E-state index < -0.39 is 0 Å². The normalized spacial score (nSPS) is 18.7. The Bertz CT molecular complexity index is 922. The van der Waals surface area contributed by atoms with Crippen LogP contribution in [0.5, 0.6) is 0 Å². The van der Waals surface area contributed by atoms with Crippen molar-refractivity contribution in [3.8, 4) is 0 Å². The number of guanidine groups is 1. The van der Waals surface area contributed by atoms with Crippen molar-refractivity contribution in [3.63, 3.8) is 0 Å². The number of aliphatic imine (C=N–C) groups is 1. The largest absolute Gasteiger partial charge is 0.352 e. The van der Waals surface area contributed by atoms with Crippen molar-refractivity contribution in [2.75, 3.05) is 0 Å². The summed E-state index contributed by atoms with van der Waals surface area (Å²) in [6.45, 7) is 0.638. The van der Waals surface area contributed by atoms with Gasteiger partial charge in [0.05, 0.1) is 6.04 Å². The Hall–Kier alpha value is -3.21. The van der Waals surface area contributed by atoms with E-state index in [1.807, 2.05) is 30.3 Å². The molecule has 136 valence electrons. The Labute approximate surface area is 156 Å². The summed E-state index contributed by atoms with van der Waals surface area (Å²) in [6, 6.07) is 22.4. The van der Waals surface area contributed by atoms with E-state index in [9.17, 15) is 8.78 Å². The van der Waals surface area contributed by atoms with E-state index in [2.05, 4.69) is 10.6 Å². The lowest BCUT2D eigenvalue weighted by molar-refractivity contribution is 0.563. The first kappa shape index (κ1) is 17.2. The lowest BCUT2D eigenvalue weighted by atomic mass is 9.95. The van der Waals surface area contributed by atoms with E-state index in [0.29, 0.717) is 12.5 Å². The molecule has 0 unspecified atom stereocenters. The molecule has 0 radical (unpaired) electrons. The highest BCUT2D eigenvalue weighted by Crippen LogP contribution is 2.35. The van der Waals surface area contributed by atoms with Crippen molar-refractivity contribution >= 4 is 5.96 Å². The molecule has 0 amide bonds. The predicted octanol–water partition coefficient (Wildman–Crippen LogP) is 4.50. The van der Waals surface area contributed by atoms with E-state index in [-0.39, 0.29) is 23.7 Å². The van der Waals surface area contributed by atoms with Gasteiger partial charge in [0.2, 0.25) is 0 Å². The molecule has 2 atom stereocenters. The van der Waals surface area contributed by atoms with Gasteiger partial charge < -0.3 is 10.6 Å². The molecule has 0 bridgehead atoms. The molecule has 3 aromatic carbocycles. The molecular weight excluding hydrogens is 344 g/mol. The first-order valence-corrected chi connectivity index (χ1v) is 8.82. The molecule has 5 heteroatoms. The highest BCUT2D eigenvalue weighted by atomic mass is 19.1. The summed E-state index contributed by atoms with van der Waals surface area (Å²) in [5, 5.41) is 6.69. The number of hydrogen-bond donors (Lipinski definition) is 2. The Morgan fingerprint density at radius 2 is 1.37 bits per heavy atom. The van der Waals surface area contributed by atoms with Gasteiger partial charge in [-0.1, -0.05) is 54.6 Å². The maximum absolute atomic E-state index is 13.3. The van der Waals surface area contributed by atoms with E-state index in [0.717, 1.165) is 16.7 Å². The van der Waals surface area contributed by atoms with Crippen molar-refractivity contribution in [1.29, 1.82) is 0 Å². The molecule has 0 spiro atoms. The Morgan fingerprint density at radius 3 is 2.00 bits per heavy atom. The summed E-state index contributed by atoms with van der Waals surface area (Å²) in [5.74, 6) is 0.107. The summed E-state index contributed by atoms with van der Waals surface area (Å²) in [6.07, 6.45) is 0. The zero-order chi connectivity index (χ0) is 18.6. The molecule has 1 heterocycles. The molecular formula is C22H19F2N3. The van der Waals surface area contributed by atoms with Crippen molar-refractivity contribution in [2.45, 2.75) is 18.6 Å². The standard InChI is InChI=1S/C22H19F2N3/c23-18-10-6-16(7-11-18)20-21(17-8-12-19(24)13-9-17)27-22(26-20)25-14-15-4-2-1-3-5-15/h1-13,20-21H,14H2,(H2,25,26,27)/t20-,21+. The number of hydrogen-bond acceptors (Lipinski definition) is 3. The fourth-order valence-electron chi connectivity index (χ4n) is 3.22. The zero-order valence-corrected chi connectivity index (χ0v) is 14.6. The van der Waals surface area contributed by atoms with Crippen LogP contribution in [0.25, 0.3) is 0 Å². The highest BCUT2D eigenvalue weighted by Gasteiger charge is 2.31. The Morgan fingerprint density at radius 1 is 0.778 bits per heavy atom. The van der Waals surface area contributed by atoms with Crippen molar-refractivity contribution in [3.05, 3.63) is 107 Å². The van der Waals surface area contributed by atoms with Gasteiger partial charge in [0.15, 0.2) is 5.96 Å². The molecule has 2 N–H and O–H groups in total. The lowest BCUT2D eigenvalue weighted by Crippen LogP contribution is -2.35. The zero-order valence-electron chi connectivity index (χ0n) is 14.6. The van der Waals surface area contributed by atoms with Crippen LogP contribution in [0.3, 0.4) is 0 Å². The SMILES string of the molecule is Fc1ccc([C@H]2NC(NCc3ccccc3)=N[C@H]2c2ccc(F)cc2)cc1. The quantitative estimate of drug-likeness (QED) is 0.716. The van der Waals surface area contributed by atoms with Gasteiger partial charge in [-0.15, -0.1) is 0 Å². The summed E-state index contributed by atoms with van der Waals surface area (Å²) in [5.41, 5.74) is 2.96. The van der Waals surface area contributed by atoms with Crippen LogP contribution in [0.4, 0.5) is 8.78 Å². The van der Waals surface area contributed by atoms with Crippen molar-refractivity contribution in [2.24, 2.45) is 4.99 Å². The fourth-order valence-corrected chi connectivity index (χ4v) is 3.22. The Balaban J connectivity index is 1.58. The number of nitrogens with zero attached hydrogens (tertiary/aromatic N) is 1. The van der Waals surface area contributed by atoms with Crippen LogP contribution < -0.4 is 10.6 Å². The third-order valence-corrected chi connectivity index (χ3v) is 4.62. The molecule has 1 aliphatic heterocycles. The Kier molecular flexibility index (Phi) is 4.83. The molecule has 27 heavy (non-hydrogen) atoms. The minimum absolute atomic E-state index is 0.158. The summed E-state index contributed by atoms with van der Waals surface area (Å²) in [7, 11) is 0. The van der Waals surface area contributed by atoms with Crippen LogP contribution in [0.15, 0.2) is 83.9 Å². The van der Waals surface area contributed by atoms with Crippen LogP contribution in [0, 0.1) is 11.6 Å². The fraction of sp³-hybridized carbons (Fsp3) is 0.136. The molecule has 1 aliphatic rings. The van der Waals surface area contributed by atoms with Crippen LogP contribution in [-0.4, -0.2) is 5.96 Å². The van der Waals surface area contributed by atoms with Gasteiger partial charge in [-0.05, 0) is 41.0 Å². The predicted molar refractivity (Wildman–Crippen MR) is 102 cm³/mol. The molecule has 0 saturated heterocycles. The van der Waals surface area contributed by atoms with Crippen LogP contribution in [0.2, 0.25) is 0 Å². The van der Waals surface area contributed by atoms with E-state index >= 15 is 0 Å². The van der Waals surface area contributed by atoms with Gasteiger partial charge in [0.1, 0.15) is 17.7 Å². The molecule has 0 saturated carbocycles. The van der Waals surface area contributed by atoms with E-state index in [1.54, 1.807) is 24.3 Å². The maximum Gasteiger partial charge on any atom is 0.192 e. The first-order valence-electron chi connectivity index (χ1n) is 8.82. The van der Waals surface area contributed by atoms with Gasteiger partial charge in [-0.2, -0.15) is 0 Å². The number of rotatable bonds is 4. The van der Waals surface area contributed by atoms with Crippen LogP contribution in [-0.2, 0) is 6.54 Å². The van der Waals surface area contributed by atoms with Crippen molar-refractivity contribution < 1.29 is 8.78 Å². The van der Waals surface area contributed by atoms with E-state index in [1.165, 1.54) is 24.3 Å². The molecule has 0 aliphatic carbocycles. The summed E-state index contributed by atoms with van der Waals surface area (Å²) < 4.78 is 26.6. The smallest absolute Gasteiger partial charge is 0.192 e. The molecule has 3 nitrogen and oxygen atoms in total. The minimum Gasteiger partial charge on any atom is -0.352 e. The van der Waals surface area contributed by atoms with Gasteiger partial charge in [0.25, 0.3) is 0 Å². The minimum atomic E-state index is -0.283. The molecule has 0 aromatic heterocycles. The van der Waals surface area contributed by atoms with Crippen molar-refractivity contribution in [1.82, 2.24) is 10.6 Å². The average Bonchev–Trinajstić information content (AvgIpc) is 3.13. The number of halogens is 2. The second kappa shape index (κ2) is 7.58. The van der Waals surface area contributed by atoms with Gasteiger partial charge >= 0.3 is 0 Å². The van der Waals surface area contributed by atoms with Crippen LogP contribution >= 0.6 is 0 Å².